The maximum Gasteiger partial charge on any atom is 0.0314 e. The minimum Gasteiger partial charge on any atom is -0.399 e. The largest absolute Gasteiger partial charge is 0.399 e. The normalized spacial score (nSPS) is 10.7. The fourth-order valence-electron chi connectivity index (χ4n) is 0.953. The van der Waals surface area contributed by atoms with E-state index in [1.165, 1.54) is 5.56 Å². The molecule has 1 heteroatoms. The van der Waals surface area contributed by atoms with Crippen molar-refractivity contribution in [2.24, 2.45) is 5.41 Å². The van der Waals surface area contributed by atoms with E-state index in [0.29, 0.717) is 0 Å². The van der Waals surface area contributed by atoms with E-state index in [0.717, 1.165) is 5.69 Å². The molecular formula is C14H19N. The molecule has 1 aromatic rings. The van der Waals surface area contributed by atoms with Crippen LogP contribution in [0.15, 0.2) is 30.3 Å². The predicted octanol–water partition coefficient (Wildman–Crippen LogP) is 3.58. The van der Waals surface area contributed by atoms with Gasteiger partial charge in [0.05, 0.1) is 0 Å². The number of nitrogen functional groups attached to an aromatic ring is 1. The van der Waals surface area contributed by atoms with Crippen molar-refractivity contribution >= 4 is 11.8 Å². The summed E-state index contributed by atoms with van der Waals surface area (Å²) in [4.78, 5) is 0. The first-order valence-electron chi connectivity index (χ1n) is 4.85. The Balaban J connectivity index is 0.000000921. The summed E-state index contributed by atoms with van der Waals surface area (Å²) in [6.45, 7) is 6.54. The van der Waals surface area contributed by atoms with Gasteiger partial charge in [-0.15, -0.1) is 12.8 Å². The highest BCUT2D eigenvalue weighted by Gasteiger charge is 2.02. The fourth-order valence-corrected chi connectivity index (χ4v) is 0.953. The smallest absolute Gasteiger partial charge is 0.0314 e. The summed E-state index contributed by atoms with van der Waals surface area (Å²) < 4.78 is 0. The number of hydrogen-bond donors (Lipinski definition) is 1. The van der Waals surface area contributed by atoms with E-state index in [1.54, 1.807) is 0 Å². The van der Waals surface area contributed by atoms with Crippen LogP contribution in [0.5, 0.6) is 0 Å². The van der Waals surface area contributed by atoms with Crippen molar-refractivity contribution in [1.82, 2.24) is 0 Å². The van der Waals surface area contributed by atoms with Gasteiger partial charge in [-0.2, -0.15) is 0 Å². The first-order valence-corrected chi connectivity index (χ1v) is 4.85. The van der Waals surface area contributed by atoms with E-state index in [9.17, 15) is 0 Å². The lowest BCUT2D eigenvalue weighted by atomic mass is 9.95. The lowest BCUT2D eigenvalue weighted by Gasteiger charge is -2.10. The molecule has 0 amide bonds. The topological polar surface area (TPSA) is 26.0 Å². The van der Waals surface area contributed by atoms with Gasteiger partial charge in [0, 0.05) is 5.69 Å². The Labute approximate surface area is 93.0 Å². The molecule has 1 rings (SSSR count). The van der Waals surface area contributed by atoms with Gasteiger partial charge in [0.25, 0.3) is 0 Å². The van der Waals surface area contributed by atoms with Crippen LogP contribution >= 0.6 is 0 Å². The Morgan fingerprint density at radius 2 is 1.53 bits per heavy atom. The lowest BCUT2D eigenvalue weighted by molar-refractivity contribution is 0.547. The standard InChI is InChI=1S/C12H17N.C2H2/c1-12(2,3)9-8-10-4-6-11(13)7-5-10;1-2/h4-9H,13H2,1-3H3;1-2H/b9-8+;. The molecule has 0 radical (unpaired) electrons. The van der Waals surface area contributed by atoms with E-state index in [2.05, 4.69) is 45.8 Å². The highest BCUT2D eigenvalue weighted by atomic mass is 14.5. The summed E-state index contributed by atoms with van der Waals surface area (Å²) >= 11 is 0. The van der Waals surface area contributed by atoms with Crippen LogP contribution in [-0.2, 0) is 0 Å². The van der Waals surface area contributed by atoms with Crippen molar-refractivity contribution in [3.8, 4) is 12.8 Å². The molecule has 0 atom stereocenters. The molecule has 0 unspecified atom stereocenters. The van der Waals surface area contributed by atoms with E-state index in [-0.39, 0.29) is 5.41 Å². The van der Waals surface area contributed by atoms with Gasteiger partial charge in [0.1, 0.15) is 0 Å². The quantitative estimate of drug-likeness (QED) is 0.545. The molecule has 0 bridgehead atoms. The predicted molar refractivity (Wildman–Crippen MR) is 69.2 cm³/mol. The van der Waals surface area contributed by atoms with Gasteiger partial charge in [-0.3, -0.25) is 0 Å². The zero-order chi connectivity index (χ0) is 11.9. The Morgan fingerprint density at radius 1 is 1.07 bits per heavy atom. The van der Waals surface area contributed by atoms with Gasteiger partial charge in [-0.25, -0.2) is 0 Å². The molecule has 0 spiro atoms. The average Bonchev–Trinajstić information content (AvgIpc) is 2.19. The van der Waals surface area contributed by atoms with Gasteiger partial charge in [0.2, 0.25) is 0 Å². The first-order chi connectivity index (χ1) is 6.97. The van der Waals surface area contributed by atoms with Crippen LogP contribution in [-0.4, -0.2) is 0 Å². The second kappa shape index (κ2) is 5.93. The third-order valence-electron chi connectivity index (χ3n) is 1.71. The van der Waals surface area contributed by atoms with E-state index >= 15 is 0 Å². The summed E-state index contributed by atoms with van der Waals surface area (Å²) in [6, 6.07) is 7.89. The highest BCUT2D eigenvalue weighted by molar-refractivity contribution is 5.53. The Bertz CT molecular complexity index is 323. The molecule has 15 heavy (non-hydrogen) atoms. The molecule has 0 saturated carbocycles. The third kappa shape index (κ3) is 6.40. The lowest BCUT2D eigenvalue weighted by Crippen LogP contribution is -1.97. The minimum atomic E-state index is 0.237. The van der Waals surface area contributed by atoms with Crippen molar-refractivity contribution in [2.75, 3.05) is 5.73 Å². The number of nitrogens with two attached hydrogens (primary N) is 1. The molecule has 1 nitrogen and oxygen atoms in total. The monoisotopic (exact) mass is 201 g/mol. The number of rotatable bonds is 1. The number of terminal acetylenes is 1. The fraction of sp³-hybridized carbons (Fsp3) is 0.286. The third-order valence-corrected chi connectivity index (χ3v) is 1.71. The molecule has 0 aliphatic heterocycles. The van der Waals surface area contributed by atoms with E-state index in [1.807, 2.05) is 24.3 Å². The Kier molecular flexibility index (Phi) is 5.26. The van der Waals surface area contributed by atoms with Crippen molar-refractivity contribution < 1.29 is 0 Å². The minimum absolute atomic E-state index is 0.237. The first kappa shape index (κ1) is 13.3. The summed E-state index contributed by atoms with van der Waals surface area (Å²) in [5.41, 5.74) is 7.83. The molecule has 0 fully saturated rings. The van der Waals surface area contributed by atoms with Gasteiger partial charge in [-0.05, 0) is 23.1 Å². The zero-order valence-electron chi connectivity index (χ0n) is 9.70. The van der Waals surface area contributed by atoms with E-state index in [4.69, 9.17) is 5.73 Å². The molecular weight excluding hydrogens is 182 g/mol. The van der Waals surface area contributed by atoms with Crippen LogP contribution in [0.4, 0.5) is 5.69 Å². The van der Waals surface area contributed by atoms with Gasteiger partial charge >= 0.3 is 0 Å². The molecule has 2 N–H and O–H groups in total. The summed E-state index contributed by atoms with van der Waals surface area (Å²) in [6.07, 6.45) is 12.3. The second-order valence-electron chi connectivity index (χ2n) is 4.37. The van der Waals surface area contributed by atoms with Crippen LogP contribution in [0.25, 0.3) is 6.08 Å². The van der Waals surface area contributed by atoms with Crippen molar-refractivity contribution in [1.29, 1.82) is 0 Å². The molecule has 0 aliphatic rings. The molecule has 0 aliphatic carbocycles. The molecule has 0 aromatic heterocycles. The summed E-state index contributed by atoms with van der Waals surface area (Å²) in [5.74, 6) is 0. The summed E-state index contributed by atoms with van der Waals surface area (Å²) in [7, 11) is 0. The molecule has 1 aromatic carbocycles. The maximum atomic E-state index is 5.58. The molecule has 0 saturated heterocycles. The van der Waals surface area contributed by atoms with Crippen molar-refractivity contribution in [3.63, 3.8) is 0 Å². The number of benzene rings is 1. The average molecular weight is 201 g/mol. The van der Waals surface area contributed by atoms with Crippen LogP contribution < -0.4 is 5.73 Å². The van der Waals surface area contributed by atoms with Crippen LogP contribution in [0, 0.1) is 18.3 Å². The summed E-state index contributed by atoms with van der Waals surface area (Å²) in [5, 5.41) is 0. The number of allylic oxidation sites excluding steroid dienone is 1. The Morgan fingerprint density at radius 3 is 1.93 bits per heavy atom. The second-order valence-corrected chi connectivity index (χ2v) is 4.37. The van der Waals surface area contributed by atoms with E-state index < -0.39 is 0 Å². The molecule has 80 valence electrons. The van der Waals surface area contributed by atoms with Crippen LogP contribution in [0.1, 0.15) is 26.3 Å². The Hall–Kier alpha value is -1.68. The van der Waals surface area contributed by atoms with Gasteiger partial charge in [0.15, 0.2) is 0 Å². The molecule has 0 heterocycles. The van der Waals surface area contributed by atoms with Crippen LogP contribution in [0.3, 0.4) is 0 Å². The maximum absolute atomic E-state index is 5.58. The highest BCUT2D eigenvalue weighted by Crippen LogP contribution is 2.17. The van der Waals surface area contributed by atoms with Crippen LogP contribution in [0.2, 0.25) is 0 Å². The number of hydrogen-bond acceptors (Lipinski definition) is 1. The number of anilines is 1. The van der Waals surface area contributed by atoms with Gasteiger partial charge in [-0.1, -0.05) is 45.1 Å². The van der Waals surface area contributed by atoms with Crippen molar-refractivity contribution in [2.45, 2.75) is 20.8 Å². The van der Waals surface area contributed by atoms with Crippen molar-refractivity contribution in [3.05, 3.63) is 35.9 Å². The SMILES string of the molecule is C#C.CC(C)(C)/C=C/c1ccc(N)cc1. The van der Waals surface area contributed by atoms with Gasteiger partial charge < -0.3 is 5.73 Å². The zero-order valence-corrected chi connectivity index (χ0v) is 9.70.